The molecule has 0 saturated heterocycles. The number of nitrogens with two attached hydrogens (primary N) is 1. The summed E-state index contributed by atoms with van der Waals surface area (Å²) in [6.45, 7) is 9.25. The van der Waals surface area contributed by atoms with Crippen molar-refractivity contribution in [2.75, 3.05) is 18.4 Å². The van der Waals surface area contributed by atoms with E-state index in [-0.39, 0.29) is 11.8 Å². The van der Waals surface area contributed by atoms with Crippen LogP contribution in [0.5, 0.6) is 0 Å². The molecule has 0 bridgehead atoms. The quantitative estimate of drug-likeness (QED) is 0.812. The molecular weight excluding hydrogens is 278 g/mol. The molecule has 1 aromatic carbocycles. The van der Waals surface area contributed by atoms with Crippen molar-refractivity contribution in [2.24, 2.45) is 11.7 Å². The lowest BCUT2D eigenvalue weighted by Crippen LogP contribution is -2.36. The second kappa shape index (κ2) is 8.54. The first-order chi connectivity index (χ1) is 10.4. The first kappa shape index (κ1) is 18.2. The van der Waals surface area contributed by atoms with E-state index >= 15 is 0 Å². The fourth-order valence-corrected chi connectivity index (χ4v) is 2.27. The molecule has 1 rings (SSSR count). The van der Waals surface area contributed by atoms with Crippen LogP contribution >= 0.6 is 0 Å². The summed E-state index contributed by atoms with van der Waals surface area (Å²) in [5.41, 5.74) is 7.04. The Bertz CT molecular complexity index is 510. The van der Waals surface area contributed by atoms with Gasteiger partial charge >= 0.3 is 0 Å². The molecule has 0 unspecified atom stereocenters. The van der Waals surface area contributed by atoms with E-state index in [2.05, 4.69) is 5.32 Å². The van der Waals surface area contributed by atoms with Crippen LogP contribution in [0, 0.1) is 5.92 Å². The minimum atomic E-state index is -0.540. The summed E-state index contributed by atoms with van der Waals surface area (Å²) in [5.74, 6) is 0.102. The van der Waals surface area contributed by atoms with Crippen LogP contribution in [-0.2, 0) is 4.79 Å². The largest absolute Gasteiger partial charge is 0.339 e. The Balaban J connectivity index is 2.80. The molecule has 3 N–H and O–H groups in total. The monoisotopic (exact) mass is 305 g/mol. The van der Waals surface area contributed by atoms with E-state index in [9.17, 15) is 9.59 Å². The summed E-state index contributed by atoms with van der Waals surface area (Å²) >= 11 is 0. The zero-order chi connectivity index (χ0) is 16.7. The normalized spacial score (nSPS) is 12.1. The Morgan fingerprint density at radius 1 is 1.23 bits per heavy atom. The summed E-state index contributed by atoms with van der Waals surface area (Å²) < 4.78 is 0. The van der Waals surface area contributed by atoms with Crippen molar-refractivity contribution in [3.63, 3.8) is 0 Å². The molecule has 0 radical (unpaired) electrons. The molecular formula is C17H27N3O2. The average Bonchev–Trinajstić information content (AvgIpc) is 2.47. The standard InChI is InChI=1S/C17H27N3O2/c1-5-20(6-2)17(22)13-8-7-9-14(11-13)19-16(21)15(18)10-12(3)4/h7-9,11-12,15H,5-6,10,18H2,1-4H3,(H,19,21)/t15-/m0/s1. The van der Waals surface area contributed by atoms with Crippen molar-refractivity contribution in [1.29, 1.82) is 0 Å². The zero-order valence-corrected chi connectivity index (χ0v) is 13.9. The van der Waals surface area contributed by atoms with Crippen molar-refractivity contribution in [3.8, 4) is 0 Å². The lowest BCUT2D eigenvalue weighted by Gasteiger charge is -2.19. The molecule has 5 heteroatoms. The van der Waals surface area contributed by atoms with Gasteiger partial charge in [0.05, 0.1) is 6.04 Å². The molecule has 0 heterocycles. The fraction of sp³-hybridized carbons (Fsp3) is 0.529. The smallest absolute Gasteiger partial charge is 0.253 e. The van der Waals surface area contributed by atoms with Crippen LogP contribution in [0.4, 0.5) is 5.69 Å². The summed E-state index contributed by atoms with van der Waals surface area (Å²) in [7, 11) is 0. The van der Waals surface area contributed by atoms with Crippen molar-refractivity contribution in [3.05, 3.63) is 29.8 Å². The van der Waals surface area contributed by atoms with Crippen LogP contribution in [-0.4, -0.2) is 35.8 Å². The number of hydrogen-bond acceptors (Lipinski definition) is 3. The van der Waals surface area contributed by atoms with E-state index in [0.29, 0.717) is 36.7 Å². The second-order valence-corrected chi connectivity index (χ2v) is 5.78. The van der Waals surface area contributed by atoms with E-state index in [1.54, 1.807) is 29.2 Å². The van der Waals surface area contributed by atoms with Crippen LogP contribution in [0.3, 0.4) is 0 Å². The van der Waals surface area contributed by atoms with Gasteiger partial charge in [-0.2, -0.15) is 0 Å². The van der Waals surface area contributed by atoms with E-state index in [4.69, 9.17) is 5.73 Å². The van der Waals surface area contributed by atoms with Crippen molar-refractivity contribution >= 4 is 17.5 Å². The Hall–Kier alpha value is -1.88. The van der Waals surface area contributed by atoms with Crippen LogP contribution in [0.1, 0.15) is 44.5 Å². The average molecular weight is 305 g/mol. The molecule has 0 saturated carbocycles. The maximum Gasteiger partial charge on any atom is 0.253 e. The number of anilines is 1. The molecule has 122 valence electrons. The maximum atomic E-state index is 12.3. The van der Waals surface area contributed by atoms with Gasteiger partial charge in [-0.15, -0.1) is 0 Å². The zero-order valence-electron chi connectivity index (χ0n) is 13.9. The van der Waals surface area contributed by atoms with Crippen LogP contribution in [0.2, 0.25) is 0 Å². The van der Waals surface area contributed by atoms with Gasteiger partial charge in [-0.05, 0) is 44.4 Å². The maximum absolute atomic E-state index is 12.3. The van der Waals surface area contributed by atoms with Gasteiger partial charge in [-0.25, -0.2) is 0 Å². The number of carbonyl (C=O) groups excluding carboxylic acids is 2. The number of nitrogens with zero attached hydrogens (tertiary/aromatic N) is 1. The molecule has 0 aliphatic heterocycles. The van der Waals surface area contributed by atoms with E-state index < -0.39 is 6.04 Å². The number of nitrogens with one attached hydrogen (secondary N) is 1. The van der Waals surface area contributed by atoms with E-state index in [1.807, 2.05) is 27.7 Å². The number of benzene rings is 1. The summed E-state index contributed by atoms with van der Waals surface area (Å²) in [6.07, 6.45) is 0.629. The highest BCUT2D eigenvalue weighted by molar-refractivity contribution is 5.98. The summed E-state index contributed by atoms with van der Waals surface area (Å²) in [6, 6.07) is 6.44. The summed E-state index contributed by atoms with van der Waals surface area (Å²) in [4.78, 5) is 26.1. The van der Waals surface area contributed by atoms with Gasteiger partial charge in [0, 0.05) is 24.3 Å². The van der Waals surface area contributed by atoms with Crippen LogP contribution < -0.4 is 11.1 Å². The highest BCUT2D eigenvalue weighted by Crippen LogP contribution is 2.14. The lowest BCUT2D eigenvalue weighted by molar-refractivity contribution is -0.117. The highest BCUT2D eigenvalue weighted by Gasteiger charge is 2.16. The van der Waals surface area contributed by atoms with E-state index in [1.165, 1.54) is 0 Å². The van der Waals surface area contributed by atoms with Crippen molar-refractivity contribution in [2.45, 2.75) is 40.2 Å². The van der Waals surface area contributed by atoms with Gasteiger partial charge in [0.15, 0.2) is 0 Å². The molecule has 5 nitrogen and oxygen atoms in total. The van der Waals surface area contributed by atoms with Gasteiger partial charge in [-0.1, -0.05) is 19.9 Å². The predicted octanol–water partition coefficient (Wildman–Crippen LogP) is 2.48. The molecule has 1 aromatic rings. The third-order valence-corrected chi connectivity index (χ3v) is 3.49. The predicted molar refractivity (Wildman–Crippen MR) is 89.8 cm³/mol. The molecule has 1 atom stereocenters. The fourth-order valence-electron chi connectivity index (χ4n) is 2.27. The highest BCUT2D eigenvalue weighted by atomic mass is 16.2. The molecule has 0 spiro atoms. The van der Waals surface area contributed by atoms with Crippen molar-refractivity contribution < 1.29 is 9.59 Å². The van der Waals surface area contributed by atoms with Crippen LogP contribution in [0.25, 0.3) is 0 Å². The third kappa shape index (κ3) is 5.15. The Kier molecular flexibility index (Phi) is 7.05. The van der Waals surface area contributed by atoms with Crippen molar-refractivity contribution in [1.82, 2.24) is 4.90 Å². The molecule has 0 aromatic heterocycles. The minimum absolute atomic E-state index is 0.0347. The Morgan fingerprint density at radius 3 is 2.41 bits per heavy atom. The van der Waals surface area contributed by atoms with Crippen LogP contribution in [0.15, 0.2) is 24.3 Å². The number of carbonyl (C=O) groups is 2. The number of hydrogen-bond donors (Lipinski definition) is 2. The first-order valence-electron chi connectivity index (χ1n) is 7.84. The number of amides is 2. The second-order valence-electron chi connectivity index (χ2n) is 5.78. The SMILES string of the molecule is CCN(CC)C(=O)c1cccc(NC(=O)[C@@H](N)CC(C)C)c1. The lowest BCUT2D eigenvalue weighted by atomic mass is 10.0. The molecule has 0 aliphatic carbocycles. The molecule has 22 heavy (non-hydrogen) atoms. The van der Waals surface area contributed by atoms with Gasteiger partial charge in [0.1, 0.15) is 0 Å². The van der Waals surface area contributed by atoms with Gasteiger partial charge in [0.2, 0.25) is 5.91 Å². The minimum Gasteiger partial charge on any atom is -0.339 e. The van der Waals surface area contributed by atoms with E-state index in [0.717, 1.165) is 0 Å². The summed E-state index contributed by atoms with van der Waals surface area (Å²) in [5, 5.41) is 2.78. The van der Waals surface area contributed by atoms with Gasteiger partial charge < -0.3 is 16.0 Å². The Morgan fingerprint density at radius 2 is 1.86 bits per heavy atom. The number of rotatable bonds is 7. The molecule has 0 aliphatic rings. The third-order valence-electron chi connectivity index (χ3n) is 3.49. The Labute approximate surface area is 132 Å². The van der Waals surface area contributed by atoms with Gasteiger partial charge in [0.25, 0.3) is 5.91 Å². The first-order valence-corrected chi connectivity index (χ1v) is 7.84. The molecule has 2 amide bonds. The molecule has 0 fully saturated rings. The van der Waals surface area contributed by atoms with Gasteiger partial charge in [-0.3, -0.25) is 9.59 Å². The topological polar surface area (TPSA) is 75.4 Å².